The molecule has 0 spiro atoms. The fraction of sp³-hybridized carbons (Fsp3) is 1.00. The first kappa shape index (κ1) is 28.1. The molecule has 0 rings (SSSR count). The molecule has 160 valence electrons. The Morgan fingerprint density at radius 2 is 0.731 bits per heavy atom. The van der Waals surface area contributed by atoms with Crippen molar-refractivity contribution in [2.75, 3.05) is 14.2 Å². The molecule has 0 fully saturated rings. The van der Waals surface area contributed by atoms with Crippen LogP contribution in [-0.2, 0) is 9.47 Å². The molecule has 0 radical (unpaired) electrons. The molecule has 0 saturated heterocycles. The Kier molecular flexibility index (Phi) is 10.7. The Morgan fingerprint density at radius 1 is 0.462 bits per heavy atom. The summed E-state index contributed by atoms with van der Waals surface area (Å²) in [6.45, 7) is 31.7. The van der Waals surface area contributed by atoms with Crippen molar-refractivity contribution in [1.29, 1.82) is 0 Å². The number of methoxy groups -OCH3 is 2. The summed E-state index contributed by atoms with van der Waals surface area (Å²) < 4.78 is 11.5. The van der Waals surface area contributed by atoms with Crippen LogP contribution in [0.2, 0.25) is 0 Å². The molecule has 0 unspecified atom stereocenters. The van der Waals surface area contributed by atoms with E-state index in [9.17, 15) is 0 Å². The molecule has 0 aromatic heterocycles. The first-order valence-corrected chi connectivity index (χ1v) is 10.5. The summed E-state index contributed by atoms with van der Waals surface area (Å²) in [5, 5.41) is 0. The number of rotatable bonds is 8. The van der Waals surface area contributed by atoms with Crippen molar-refractivity contribution in [2.24, 2.45) is 34.5 Å². The second-order valence-electron chi connectivity index (χ2n) is 10.7. The summed E-state index contributed by atoms with van der Waals surface area (Å²) in [6, 6.07) is 0. The van der Waals surface area contributed by atoms with Crippen LogP contribution in [0.3, 0.4) is 0 Å². The third-order valence-electron chi connectivity index (χ3n) is 8.49. The van der Waals surface area contributed by atoms with E-state index < -0.39 is 0 Å². The van der Waals surface area contributed by atoms with E-state index in [2.05, 4.69) is 96.9 Å². The lowest BCUT2D eigenvalue weighted by Crippen LogP contribution is -2.58. The molecular formula is C24H52O2. The lowest BCUT2D eigenvalue weighted by molar-refractivity contribution is -0.189. The van der Waals surface area contributed by atoms with Gasteiger partial charge in [-0.1, -0.05) is 83.1 Å². The van der Waals surface area contributed by atoms with Crippen molar-refractivity contribution in [2.45, 2.75) is 108 Å². The SMILES string of the molecule is COC(C)(C(C)(C)C(C)C)C(C)(C)C(C)C.COC(C)(C(C)C)C(C)C. The second-order valence-corrected chi connectivity index (χ2v) is 10.7. The molecular weight excluding hydrogens is 320 g/mol. The van der Waals surface area contributed by atoms with Gasteiger partial charge in [-0.15, -0.1) is 0 Å². The molecule has 26 heavy (non-hydrogen) atoms. The van der Waals surface area contributed by atoms with Crippen molar-refractivity contribution in [3.63, 3.8) is 0 Å². The van der Waals surface area contributed by atoms with Crippen LogP contribution in [-0.4, -0.2) is 25.4 Å². The first-order valence-electron chi connectivity index (χ1n) is 10.5. The highest BCUT2D eigenvalue weighted by molar-refractivity contribution is 5.03. The fourth-order valence-corrected chi connectivity index (χ4v) is 3.60. The predicted octanol–water partition coefficient (Wildman–Crippen LogP) is 7.46. The molecule has 2 heteroatoms. The van der Waals surface area contributed by atoms with Gasteiger partial charge in [0.25, 0.3) is 0 Å². The molecule has 0 saturated carbocycles. The monoisotopic (exact) mass is 372 g/mol. The Morgan fingerprint density at radius 3 is 0.808 bits per heavy atom. The Labute approximate surface area is 166 Å². The average molecular weight is 373 g/mol. The van der Waals surface area contributed by atoms with Crippen LogP contribution in [0.1, 0.15) is 96.9 Å². The Balaban J connectivity index is 0. The van der Waals surface area contributed by atoms with E-state index in [4.69, 9.17) is 9.47 Å². The predicted molar refractivity (Wildman–Crippen MR) is 118 cm³/mol. The van der Waals surface area contributed by atoms with Gasteiger partial charge in [-0.25, -0.2) is 0 Å². The van der Waals surface area contributed by atoms with E-state index in [1.54, 1.807) is 7.11 Å². The first-order chi connectivity index (χ1) is 11.4. The lowest BCUT2D eigenvalue weighted by atomic mass is 9.54. The number of hydrogen-bond donors (Lipinski definition) is 0. The van der Waals surface area contributed by atoms with E-state index in [1.165, 1.54) is 0 Å². The topological polar surface area (TPSA) is 18.5 Å². The van der Waals surface area contributed by atoms with Gasteiger partial charge in [-0.2, -0.15) is 0 Å². The van der Waals surface area contributed by atoms with E-state index in [0.29, 0.717) is 23.7 Å². The molecule has 0 bridgehead atoms. The Bertz CT molecular complexity index is 361. The van der Waals surface area contributed by atoms with Crippen molar-refractivity contribution in [3.05, 3.63) is 0 Å². The smallest absolute Gasteiger partial charge is 0.0756 e. The van der Waals surface area contributed by atoms with Crippen molar-refractivity contribution < 1.29 is 9.47 Å². The maximum absolute atomic E-state index is 5.99. The Hall–Kier alpha value is -0.0800. The van der Waals surface area contributed by atoms with Crippen molar-refractivity contribution in [1.82, 2.24) is 0 Å². The van der Waals surface area contributed by atoms with E-state index >= 15 is 0 Å². The highest BCUT2D eigenvalue weighted by atomic mass is 16.5. The normalized spacial score (nSPS) is 14.3. The molecule has 0 heterocycles. The summed E-state index contributed by atoms with van der Waals surface area (Å²) in [4.78, 5) is 0. The van der Waals surface area contributed by atoms with Gasteiger partial charge in [-0.3, -0.25) is 0 Å². The standard InChI is InChI=1S/C15H32O.C9H20O/c1-11(2)13(5,6)15(9,16-10)14(7,8)12(3)4;1-7(2)9(5,10-6)8(3)4/h11-12H,1-10H3;7-8H,1-6H3. The minimum Gasteiger partial charge on any atom is -0.378 e. The molecule has 0 aromatic carbocycles. The lowest BCUT2D eigenvalue weighted by Gasteiger charge is -2.56. The van der Waals surface area contributed by atoms with Gasteiger partial charge in [0.1, 0.15) is 0 Å². The molecule has 0 aromatic rings. The number of ether oxygens (including phenoxy) is 2. The van der Waals surface area contributed by atoms with Crippen LogP contribution in [0.25, 0.3) is 0 Å². The summed E-state index contributed by atoms with van der Waals surface area (Å²) in [6.07, 6.45) is 0. The highest BCUT2D eigenvalue weighted by Gasteiger charge is 2.54. The van der Waals surface area contributed by atoms with Crippen LogP contribution < -0.4 is 0 Å². The van der Waals surface area contributed by atoms with Crippen LogP contribution in [0.15, 0.2) is 0 Å². The molecule has 0 amide bonds. The average Bonchev–Trinajstić information content (AvgIpc) is 2.52. The highest BCUT2D eigenvalue weighted by Crippen LogP contribution is 2.53. The van der Waals surface area contributed by atoms with Gasteiger partial charge in [0.15, 0.2) is 0 Å². The van der Waals surface area contributed by atoms with Gasteiger partial charge in [0.2, 0.25) is 0 Å². The van der Waals surface area contributed by atoms with E-state index in [-0.39, 0.29) is 22.0 Å². The molecule has 0 aliphatic rings. The van der Waals surface area contributed by atoms with Gasteiger partial charge in [0.05, 0.1) is 11.2 Å². The maximum Gasteiger partial charge on any atom is 0.0756 e. The van der Waals surface area contributed by atoms with Gasteiger partial charge in [-0.05, 0) is 48.3 Å². The van der Waals surface area contributed by atoms with Crippen molar-refractivity contribution >= 4 is 0 Å². The van der Waals surface area contributed by atoms with Crippen LogP contribution >= 0.6 is 0 Å². The molecule has 2 nitrogen and oxygen atoms in total. The summed E-state index contributed by atoms with van der Waals surface area (Å²) in [5.74, 6) is 2.35. The quantitative estimate of drug-likeness (QED) is 0.440. The second kappa shape index (κ2) is 9.92. The minimum absolute atomic E-state index is 0.0417. The van der Waals surface area contributed by atoms with E-state index in [0.717, 1.165) is 0 Å². The van der Waals surface area contributed by atoms with Gasteiger partial charge in [0, 0.05) is 14.2 Å². The van der Waals surface area contributed by atoms with Crippen LogP contribution in [0.5, 0.6) is 0 Å². The largest absolute Gasteiger partial charge is 0.378 e. The van der Waals surface area contributed by atoms with E-state index in [1.807, 2.05) is 7.11 Å². The zero-order chi connectivity index (χ0) is 21.7. The molecule has 0 aliphatic heterocycles. The maximum atomic E-state index is 5.99. The molecule has 0 atom stereocenters. The zero-order valence-electron chi connectivity index (χ0n) is 21.1. The summed E-state index contributed by atoms with van der Waals surface area (Å²) in [7, 11) is 3.65. The van der Waals surface area contributed by atoms with Crippen molar-refractivity contribution in [3.8, 4) is 0 Å². The van der Waals surface area contributed by atoms with Gasteiger partial charge < -0.3 is 9.47 Å². The van der Waals surface area contributed by atoms with Gasteiger partial charge >= 0.3 is 0 Å². The van der Waals surface area contributed by atoms with Crippen LogP contribution in [0, 0.1) is 34.5 Å². The minimum atomic E-state index is -0.123. The summed E-state index contributed by atoms with van der Waals surface area (Å²) >= 11 is 0. The third kappa shape index (κ3) is 5.47. The third-order valence-corrected chi connectivity index (χ3v) is 8.49. The fourth-order valence-electron chi connectivity index (χ4n) is 3.60. The van der Waals surface area contributed by atoms with Crippen LogP contribution in [0.4, 0.5) is 0 Å². The molecule has 0 N–H and O–H groups in total. The molecule has 0 aliphatic carbocycles. The summed E-state index contributed by atoms with van der Waals surface area (Å²) in [5.41, 5.74) is 0.216. The zero-order valence-corrected chi connectivity index (χ0v) is 21.1. The number of hydrogen-bond acceptors (Lipinski definition) is 2.